The lowest BCUT2D eigenvalue weighted by molar-refractivity contribution is -0.154. The van der Waals surface area contributed by atoms with Crippen molar-refractivity contribution >= 4 is 11.9 Å². The lowest BCUT2D eigenvalue weighted by Gasteiger charge is -2.19. The SMILES string of the molecule is Cc1ccc(CCC(=O)OC(C)(C)C)c(C(=O)O)c1. The topological polar surface area (TPSA) is 63.6 Å². The number of esters is 1. The first-order valence-corrected chi connectivity index (χ1v) is 6.24. The normalized spacial score (nSPS) is 11.2. The molecule has 1 rings (SSSR count). The Morgan fingerprint density at radius 3 is 2.42 bits per heavy atom. The van der Waals surface area contributed by atoms with E-state index >= 15 is 0 Å². The highest BCUT2D eigenvalue weighted by atomic mass is 16.6. The van der Waals surface area contributed by atoms with Crippen molar-refractivity contribution in [2.75, 3.05) is 0 Å². The maximum atomic E-state index is 11.6. The molecule has 0 aliphatic carbocycles. The van der Waals surface area contributed by atoms with Crippen LogP contribution >= 0.6 is 0 Å². The van der Waals surface area contributed by atoms with Crippen LogP contribution in [-0.2, 0) is 16.0 Å². The fraction of sp³-hybridized carbons (Fsp3) is 0.467. The zero-order valence-corrected chi connectivity index (χ0v) is 11.8. The summed E-state index contributed by atoms with van der Waals surface area (Å²) in [7, 11) is 0. The molecule has 0 saturated heterocycles. The summed E-state index contributed by atoms with van der Waals surface area (Å²) in [6.07, 6.45) is 0.553. The highest BCUT2D eigenvalue weighted by Gasteiger charge is 2.17. The van der Waals surface area contributed by atoms with E-state index < -0.39 is 11.6 Å². The summed E-state index contributed by atoms with van der Waals surface area (Å²) in [5, 5.41) is 9.13. The van der Waals surface area contributed by atoms with Crippen LogP contribution in [0.3, 0.4) is 0 Å². The van der Waals surface area contributed by atoms with Crippen LogP contribution in [0.2, 0.25) is 0 Å². The van der Waals surface area contributed by atoms with Crippen LogP contribution in [0.4, 0.5) is 0 Å². The zero-order chi connectivity index (χ0) is 14.6. The molecule has 19 heavy (non-hydrogen) atoms. The van der Waals surface area contributed by atoms with E-state index in [2.05, 4.69) is 0 Å². The number of ether oxygens (including phenoxy) is 1. The molecule has 4 heteroatoms. The lowest BCUT2D eigenvalue weighted by atomic mass is 10.0. The van der Waals surface area contributed by atoms with Gasteiger partial charge in [0, 0.05) is 6.42 Å². The molecule has 0 fully saturated rings. The molecule has 0 unspecified atom stereocenters. The number of aromatic carboxylic acids is 1. The third-order valence-corrected chi connectivity index (χ3v) is 2.51. The average molecular weight is 264 g/mol. The van der Waals surface area contributed by atoms with E-state index in [1.54, 1.807) is 32.9 Å². The highest BCUT2D eigenvalue weighted by molar-refractivity contribution is 5.89. The summed E-state index contributed by atoms with van der Waals surface area (Å²) < 4.78 is 5.20. The van der Waals surface area contributed by atoms with Gasteiger partial charge in [0.1, 0.15) is 5.60 Å². The van der Waals surface area contributed by atoms with E-state index in [4.69, 9.17) is 9.84 Å². The largest absolute Gasteiger partial charge is 0.478 e. The summed E-state index contributed by atoms with van der Waals surface area (Å²) in [5.41, 5.74) is 1.28. The van der Waals surface area contributed by atoms with E-state index in [0.29, 0.717) is 12.0 Å². The first-order chi connectivity index (χ1) is 8.69. The number of carboxylic acids is 1. The fourth-order valence-corrected chi connectivity index (χ4v) is 1.74. The van der Waals surface area contributed by atoms with Crippen molar-refractivity contribution in [2.45, 2.75) is 46.1 Å². The predicted molar refractivity (Wildman–Crippen MR) is 72.3 cm³/mol. The second kappa shape index (κ2) is 5.87. The maximum absolute atomic E-state index is 11.6. The van der Waals surface area contributed by atoms with Crippen LogP contribution in [0.1, 0.15) is 48.7 Å². The Hall–Kier alpha value is -1.84. The smallest absolute Gasteiger partial charge is 0.335 e. The van der Waals surface area contributed by atoms with E-state index in [-0.39, 0.29) is 18.0 Å². The summed E-state index contributed by atoms with van der Waals surface area (Å²) >= 11 is 0. The number of carboxylic acid groups (broad SMARTS) is 1. The first-order valence-electron chi connectivity index (χ1n) is 6.24. The number of carbonyl (C=O) groups excluding carboxylic acids is 1. The Bertz CT molecular complexity index is 483. The maximum Gasteiger partial charge on any atom is 0.335 e. The van der Waals surface area contributed by atoms with Crippen molar-refractivity contribution in [1.82, 2.24) is 0 Å². The number of benzene rings is 1. The molecule has 0 atom stereocenters. The summed E-state index contributed by atoms with van der Waals surface area (Å²) in [5.74, 6) is -1.28. The third-order valence-electron chi connectivity index (χ3n) is 2.51. The summed E-state index contributed by atoms with van der Waals surface area (Å²) in [6.45, 7) is 7.25. The fourth-order valence-electron chi connectivity index (χ4n) is 1.74. The Morgan fingerprint density at radius 2 is 1.89 bits per heavy atom. The van der Waals surface area contributed by atoms with Crippen LogP contribution < -0.4 is 0 Å². The number of hydrogen-bond donors (Lipinski definition) is 1. The van der Waals surface area contributed by atoms with Crippen LogP contribution in [0, 0.1) is 6.92 Å². The minimum Gasteiger partial charge on any atom is -0.478 e. The van der Waals surface area contributed by atoms with E-state index in [1.807, 2.05) is 13.0 Å². The van der Waals surface area contributed by atoms with Gasteiger partial charge in [-0.3, -0.25) is 4.79 Å². The molecule has 0 amide bonds. The zero-order valence-electron chi connectivity index (χ0n) is 11.8. The third kappa shape index (κ3) is 5.12. The Kier molecular flexibility index (Phi) is 4.70. The molecule has 104 valence electrons. The van der Waals surface area contributed by atoms with Gasteiger partial charge in [-0.05, 0) is 45.7 Å². The minimum absolute atomic E-state index is 0.181. The molecule has 0 spiro atoms. The predicted octanol–water partition coefficient (Wildman–Crippen LogP) is 2.97. The number of aryl methyl sites for hydroxylation is 2. The van der Waals surface area contributed by atoms with Crippen LogP contribution in [0.25, 0.3) is 0 Å². The molecule has 0 radical (unpaired) electrons. The van der Waals surface area contributed by atoms with Crippen LogP contribution in [0.5, 0.6) is 0 Å². The number of carbonyl (C=O) groups is 2. The summed E-state index contributed by atoms with van der Waals surface area (Å²) in [6, 6.07) is 5.22. The standard InChI is InChI=1S/C15H20O4/c1-10-5-6-11(12(9-10)14(17)18)7-8-13(16)19-15(2,3)4/h5-6,9H,7-8H2,1-4H3,(H,17,18). The molecule has 1 N–H and O–H groups in total. The van der Waals surface area contributed by atoms with Gasteiger partial charge in [-0.15, -0.1) is 0 Å². The van der Waals surface area contributed by atoms with Gasteiger partial charge >= 0.3 is 11.9 Å². The van der Waals surface area contributed by atoms with Crippen LogP contribution in [0.15, 0.2) is 18.2 Å². The quantitative estimate of drug-likeness (QED) is 0.849. The van der Waals surface area contributed by atoms with Gasteiger partial charge < -0.3 is 9.84 Å². The molecule has 0 heterocycles. The monoisotopic (exact) mass is 264 g/mol. The van der Waals surface area contributed by atoms with Crippen molar-refractivity contribution in [3.05, 3.63) is 34.9 Å². The van der Waals surface area contributed by atoms with Gasteiger partial charge in [0.15, 0.2) is 0 Å². The highest BCUT2D eigenvalue weighted by Crippen LogP contribution is 2.15. The molecule has 0 bridgehead atoms. The second-order valence-electron chi connectivity index (χ2n) is 5.55. The Labute approximate surface area is 113 Å². The lowest BCUT2D eigenvalue weighted by Crippen LogP contribution is -2.24. The van der Waals surface area contributed by atoms with Gasteiger partial charge in [-0.2, -0.15) is 0 Å². The number of rotatable bonds is 4. The van der Waals surface area contributed by atoms with Gasteiger partial charge in [0.05, 0.1) is 5.56 Å². The first kappa shape index (κ1) is 15.2. The van der Waals surface area contributed by atoms with Crippen molar-refractivity contribution in [2.24, 2.45) is 0 Å². The van der Waals surface area contributed by atoms with Crippen molar-refractivity contribution in [3.8, 4) is 0 Å². The molecular formula is C15H20O4. The molecule has 1 aromatic carbocycles. The molecule has 0 saturated carbocycles. The Morgan fingerprint density at radius 1 is 1.26 bits per heavy atom. The Balaban J connectivity index is 2.73. The van der Waals surface area contributed by atoms with E-state index in [0.717, 1.165) is 5.56 Å². The van der Waals surface area contributed by atoms with Gasteiger partial charge in [-0.25, -0.2) is 4.79 Å². The average Bonchev–Trinajstić information content (AvgIpc) is 2.24. The van der Waals surface area contributed by atoms with E-state index in [1.165, 1.54) is 0 Å². The van der Waals surface area contributed by atoms with Gasteiger partial charge in [0.2, 0.25) is 0 Å². The molecule has 0 aliphatic heterocycles. The van der Waals surface area contributed by atoms with Gasteiger partial charge in [-0.1, -0.05) is 17.7 Å². The molecule has 4 nitrogen and oxygen atoms in total. The van der Waals surface area contributed by atoms with Crippen LogP contribution in [-0.4, -0.2) is 22.6 Å². The second-order valence-corrected chi connectivity index (χ2v) is 5.55. The van der Waals surface area contributed by atoms with Crippen molar-refractivity contribution in [3.63, 3.8) is 0 Å². The molecular weight excluding hydrogens is 244 g/mol. The van der Waals surface area contributed by atoms with Crippen molar-refractivity contribution < 1.29 is 19.4 Å². The molecule has 1 aromatic rings. The minimum atomic E-state index is -0.970. The molecule has 0 aromatic heterocycles. The van der Waals surface area contributed by atoms with Gasteiger partial charge in [0.25, 0.3) is 0 Å². The van der Waals surface area contributed by atoms with Crippen molar-refractivity contribution in [1.29, 1.82) is 0 Å². The number of hydrogen-bond acceptors (Lipinski definition) is 3. The van der Waals surface area contributed by atoms with E-state index in [9.17, 15) is 9.59 Å². The summed E-state index contributed by atoms with van der Waals surface area (Å²) in [4.78, 5) is 22.7. The molecule has 0 aliphatic rings.